The van der Waals surface area contributed by atoms with Gasteiger partial charge in [0.1, 0.15) is 16.3 Å². The Balaban J connectivity index is 1.54. The zero-order chi connectivity index (χ0) is 21.0. The highest BCUT2D eigenvalue weighted by Gasteiger charge is 2.22. The topological polar surface area (TPSA) is 110 Å². The highest BCUT2D eigenvalue weighted by atomic mass is 32.1. The summed E-state index contributed by atoms with van der Waals surface area (Å²) in [5, 5.41) is 11.7. The van der Waals surface area contributed by atoms with E-state index in [2.05, 4.69) is 15.5 Å². The molecule has 2 heterocycles. The number of hydrogen-bond donors (Lipinski definition) is 2. The molecule has 2 amide bonds. The minimum absolute atomic E-state index is 0.194. The highest BCUT2D eigenvalue weighted by molar-refractivity contribution is 7.21. The normalized spacial score (nSPS) is 10.7. The Morgan fingerprint density at radius 2 is 1.93 bits per heavy atom. The lowest BCUT2D eigenvalue weighted by molar-refractivity contribution is 0.0798. The molecule has 3 N–H and O–H groups in total. The summed E-state index contributed by atoms with van der Waals surface area (Å²) in [6.07, 6.45) is -0.530. The molecule has 0 aliphatic heterocycles. The number of nitrogens with two attached hydrogens (primary N) is 1. The van der Waals surface area contributed by atoms with E-state index in [-0.39, 0.29) is 19.1 Å². The number of aromatic nitrogens is 2. The van der Waals surface area contributed by atoms with Crippen LogP contribution >= 0.6 is 11.3 Å². The van der Waals surface area contributed by atoms with Gasteiger partial charge in [-0.2, -0.15) is 5.10 Å². The third kappa shape index (κ3) is 4.62. The fourth-order valence-electron chi connectivity index (χ4n) is 2.77. The van der Waals surface area contributed by atoms with Crippen LogP contribution in [0.3, 0.4) is 0 Å². The molecule has 0 radical (unpaired) electrons. The van der Waals surface area contributed by atoms with Crippen LogP contribution in [0, 0.1) is 13.8 Å². The summed E-state index contributed by atoms with van der Waals surface area (Å²) in [6, 6.07) is 9.41. The third-order valence-electron chi connectivity index (χ3n) is 4.61. The Kier molecular flexibility index (Phi) is 6.28. The molecule has 29 heavy (non-hydrogen) atoms. The van der Waals surface area contributed by atoms with Gasteiger partial charge in [-0.15, -0.1) is 16.4 Å². The van der Waals surface area contributed by atoms with E-state index in [4.69, 9.17) is 10.5 Å². The maximum absolute atomic E-state index is 12.8. The molecular formula is C20H23N5O3S. The number of likely N-dealkylation sites (N-methyl/N-ethyl adjacent to an activating group) is 1. The molecule has 3 aromatic rings. The maximum Gasteiger partial charge on any atom is 0.407 e. The second kappa shape index (κ2) is 8.87. The van der Waals surface area contributed by atoms with Crippen LogP contribution in [0.2, 0.25) is 0 Å². The van der Waals surface area contributed by atoms with E-state index in [1.165, 1.54) is 16.2 Å². The lowest BCUT2D eigenvalue weighted by atomic mass is 10.1. The van der Waals surface area contributed by atoms with Crippen molar-refractivity contribution in [3.05, 3.63) is 52.0 Å². The van der Waals surface area contributed by atoms with Crippen molar-refractivity contribution >= 4 is 39.2 Å². The number of nitrogen functional groups attached to an aromatic ring is 1. The second-order valence-electron chi connectivity index (χ2n) is 6.65. The lowest BCUT2D eigenvalue weighted by Gasteiger charge is -2.17. The Labute approximate surface area is 172 Å². The maximum atomic E-state index is 12.8. The van der Waals surface area contributed by atoms with Crippen molar-refractivity contribution in [1.29, 1.82) is 0 Å². The van der Waals surface area contributed by atoms with Gasteiger partial charge in [0.15, 0.2) is 0 Å². The number of anilines is 1. The number of amides is 2. The summed E-state index contributed by atoms with van der Waals surface area (Å²) in [6.45, 7) is 4.54. The van der Waals surface area contributed by atoms with E-state index < -0.39 is 6.09 Å². The molecule has 8 nitrogen and oxygen atoms in total. The molecule has 3 rings (SSSR count). The second-order valence-corrected chi connectivity index (χ2v) is 7.65. The van der Waals surface area contributed by atoms with Gasteiger partial charge in [0.2, 0.25) is 0 Å². The summed E-state index contributed by atoms with van der Waals surface area (Å²) < 4.78 is 5.15. The quantitative estimate of drug-likeness (QED) is 0.643. The van der Waals surface area contributed by atoms with Crippen LogP contribution in [-0.4, -0.2) is 47.2 Å². The van der Waals surface area contributed by atoms with E-state index in [0.29, 0.717) is 21.9 Å². The number of nitrogens with zero attached hydrogens (tertiary/aromatic N) is 3. The van der Waals surface area contributed by atoms with Crippen molar-refractivity contribution in [2.45, 2.75) is 20.5 Å². The van der Waals surface area contributed by atoms with Crippen molar-refractivity contribution in [3.63, 3.8) is 0 Å². The van der Waals surface area contributed by atoms with E-state index in [9.17, 15) is 9.59 Å². The van der Waals surface area contributed by atoms with Gasteiger partial charge >= 0.3 is 6.09 Å². The summed E-state index contributed by atoms with van der Waals surface area (Å²) in [5.41, 5.74) is 9.26. The van der Waals surface area contributed by atoms with Crippen molar-refractivity contribution in [3.8, 4) is 0 Å². The summed E-state index contributed by atoms with van der Waals surface area (Å²) in [5.74, 6) is -0.220. The van der Waals surface area contributed by atoms with Gasteiger partial charge in [-0.05, 0) is 25.0 Å². The largest absolute Gasteiger partial charge is 0.445 e. The Bertz CT molecular complexity index is 1040. The number of ether oxygens (including phenoxy) is 1. The van der Waals surface area contributed by atoms with Gasteiger partial charge in [0, 0.05) is 25.5 Å². The number of alkyl carbamates (subject to hydrolysis) is 1. The first kappa shape index (κ1) is 20.5. The van der Waals surface area contributed by atoms with Gasteiger partial charge in [0.05, 0.1) is 11.4 Å². The van der Waals surface area contributed by atoms with Crippen molar-refractivity contribution in [2.75, 3.05) is 25.9 Å². The Morgan fingerprint density at radius 1 is 1.21 bits per heavy atom. The predicted molar refractivity (Wildman–Crippen MR) is 113 cm³/mol. The fourth-order valence-corrected chi connectivity index (χ4v) is 3.87. The van der Waals surface area contributed by atoms with Crippen LogP contribution in [0.25, 0.3) is 10.2 Å². The Morgan fingerprint density at radius 3 is 2.66 bits per heavy atom. The minimum Gasteiger partial charge on any atom is -0.445 e. The smallest absolute Gasteiger partial charge is 0.407 e. The number of aryl methyl sites for hydroxylation is 2. The van der Waals surface area contributed by atoms with Gasteiger partial charge in [0.25, 0.3) is 5.91 Å². The highest BCUT2D eigenvalue weighted by Crippen LogP contribution is 2.35. The van der Waals surface area contributed by atoms with E-state index in [1.807, 2.05) is 44.2 Å². The summed E-state index contributed by atoms with van der Waals surface area (Å²) in [7, 11) is 1.66. The first-order valence-corrected chi connectivity index (χ1v) is 9.92. The number of thiophene rings is 1. The first-order valence-electron chi connectivity index (χ1n) is 9.10. The fraction of sp³-hybridized carbons (Fsp3) is 0.300. The van der Waals surface area contributed by atoms with Gasteiger partial charge < -0.3 is 20.7 Å². The number of hydrogen-bond acceptors (Lipinski definition) is 7. The molecule has 0 aliphatic carbocycles. The van der Waals surface area contributed by atoms with E-state index in [1.54, 1.807) is 7.05 Å². The number of nitrogens with one attached hydrogen (secondary N) is 1. The molecule has 0 saturated carbocycles. The van der Waals surface area contributed by atoms with Crippen molar-refractivity contribution < 1.29 is 14.3 Å². The van der Waals surface area contributed by atoms with Gasteiger partial charge in [-0.1, -0.05) is 30.3 Å². The summed E-state index contributed by atoms with van der Waals surface area (Å²) >= 11 is 1.23. The van der Waals surface area contributed by atoms with Crippen molar-refractivity contribution in [1.82, 2.24) is 20.4 Å². The van der Waals surface area contributed by atoms with Crippen LogP contribution in [-0.2, 0) is 11.3 Å². The molecule has 0 atom stereocenters. The predicted octanol–water partition coefficient (Wildman–Crippen LogP) is 2.89. The number of fused-ring (bicyclic) bond motifs is 1. The average Bonchev–Trinajstić information content (AvgIpc) is 3.06. The van der Waals surface area contributed by atoms with Gasteiger partial charge in [-0.3, -0.25) is 4.79 Å². The zero-order valence-corrected chi connectivity index (χ0v) is 17.4. The lowest BCUT2D eigenvalue weighted by Crippen LogP contribution is -2.36. The molecule has 0 aliphatic rings. The average molecular weight is 414 g/mol. The van der Waals surface area contributed by atoms with Crippen LogP contribution in [0.15, 0.2) is 30.3 Å². The molecular weight excluding hydrogens is 390 g/mol. The Hall–Kier alpha value is -3.20. The molecule has 0 spiro atoms. The molecule has 0 saturated heterocycles. The zero-order valence-electron chi connectivity index (χ0n) is 16.6. The number of carbonyl (C=O) groups excluding carboxylic acids is 2. The SMILES string of the molecule is Cc1nnc2sc(C(=O)N(C)CCNC(=O)OCc3ccccc3)c(N)c2c1C. The molecule has 2 aromatic heterocycles. The number of rotatable bonds is 6. The summed E-state index contributed by atoms with van der Waals surface area (Å²) in [4.78, 5) is 27.2. The molecule has 1 aromatic carbocycles. The molecule has 0 fully saturated rings. The van der Waals surface area contributed by atoms with E-state index in [0.717, 1.165) is 22.2 Å². The standard InChI is InChI=1S/C20H23N5O3S/c1-12-13(2)23-24-18-15(12)16(21)17(29-18)19(26)25(3)10-9-22-20(27)28-11-14-7-5-4-6-8-14/h4-8H,9-11,21H2,1-3H3,(H,22,27). The molecule has 0 bridgehead atoms. The number of carbonyl (C=O) groups is 2. The third-order valence-corrected chi connectivity index (χ3v) is 5.68. The monoisotopic (exact) mass is 413 g/mol. The molecule has 0 unspecified atom stereocenters. The molecule has 9 heteroatoms. The van der Waals surface area contributed by atoms with E-state index >= 15 is 0 Å². The van der Waals surface area contributed by atoms with Crippen LogP contribution in [0.5, 0.6) is 0 Å². The van der Waals surface area contributed by atoms with Crippen LogP contribution < -0.4 is 11.1 Å². The first-order chi connectivity index (χ1) is 13.9. The molecule has 152 valence electrons. The van der Waals surface area contributed by atoms with Crippen molar-refractivity contribution in [2.24, 2.45) is 0 Å². The number of benzene rings is 1. The van der Waals surface area contributed by atoms with Crippen LogP contribution in [0.1, 0.15) is 26.5 Å². The van der Waals surface area contributed by atoms with Crippen LogP contribution in [0.4, 0.5) is 10.5 Å². The minimum atomic E-state index is -0.530. The van der Waals surface area contributed by atoms with Gasteiger partial charge in [-0.25, -0.2) is 4.79 Å².